The van der Waals surface area contributed by atoms with Crippen LogP contribution in [0, 0.1) is 0 Å². The molecule has 1 aromatic heterocycles. The van der Waals surface area contributed by atoms with Gasteiger partial charge in [-0.1, -0.05) is 6.07 Å². The van der Waals surface area contributed by atoms with Crippen molar-refractivity contribution in [2.75, 3.05) is 7.11 Å². The molecule has 2 aromatic rings. The second kappa shape index (κ2) is 4.65. The highest BCUT2D eigenvalue weighted by molar-refractivity contribution is 5.90. The number of methoxy groups -OCH3 is 1. The van der Waals surface area contributed by atoms with Gasteiger partial charge < -0.3 is 9.84 Å². The van der Waals surface area contributed by atoms with Crippen molar-refractivity contribution in [3.8, 4) is 17.0 Å². The average molecular weight is 229 g/mol. The number of carboxylic acid groups (broad SMARTS) is 1. The molecule has 0 aliphatic rings. The SMILES string of the molecule is COc1cc(C(=O)O)cc(-c2ccccn2)c1. The maximum absolute atomic E-state index is 11.0. The summed E-state index contributed by atoms with van der Waals surface area (Å²) < 4.78 is 5.08. The van der Waals surface area contributed by atoms with E-state index in [1.165, 1.54) is 13.2 Å². The van der Waals surface area contributed by atoms with Crippen LogP contribution in [0.15, 0.2) is 42.6 Å². The van der Waals surface area contributed by atoms with Crippen LogP contribution in [0.5, 0.6) is 5.75 Å². The Morgan fingerprint density at radius 1 is 1.29 bits per heavy atom. The van der Waals surface area contributed by atoms with Crippen molar-refractivity contribution >= 4 is 5.97 Å². The van der Waals surface area contributed by atoms with Crippen molar-refractivity contribution in [2.24, 2.45) is 0 Å². The number of aromatic carboxylic acids is 1. The largest absolute Gasteiger partial charge is 0.497 e. The summed E-state index contributed by atoms with van der Waals surface area (Å²) in [4.78, 5) is 15.2. The molecule has 0 amide bonds. The zero-order valence-corrected chi connectivity index (χ0v) is 9.25. The fourth-order valence-electron chi connectivity index (χ4n) is 1.52. The van der Waals surface area contributed by atoms with Crippen molar-refractivity contribution in [1.29, 1.82) is 0 Å². The van der Waals surface area contributed by atoms with Crippen LogP contribution in [-0.2, 0) is 0 Å². The maximum atomic E-state index is 11.0. The average Bonchev–Trinajstić information content (AvgIpc) is 2.39. The molecule has 1 heterocycles. The van der Waals surface area contributed by atoms with Gasteiger partial charge in [0.1, 0.15) is 5.75 Å². The van der Waals surface area contributed by atoms with Crippen molar-refractivity contribution in [3.63, 3.8) is 0 Å². The standard InChI is InChI=1S/C13H11NO3/c1-17-11-7-9(6-10(8-11)13(15)16)12-4-2-3-5-14-12/h2-8H,1H3,(H,15,16). The predicted molar refractivity (Wildman–Crippen MR) is 63.2 cm³/mol. The molecule has 0 fully saturated rings. The Balaban J connectivity index is 2.54. The van der Waals surface area contributed by atoms with E-state index in [2.05, 4.69) is 4.98 Å². The van der Waals surface area contributed by atoms with Gasteiger partial charge in [-0.05, 0) is 30.3 Å². The smallest absolute Gasteiger partial charge is 0.335 e. The zero-order valence-electron chi connectivity index (χ0n) is 9.25. The van der Waals surface area contributed by atoms with Gasteiger partial charge in [0.2, 0.25) is 0 Å². The van der Waals surface area contributed by atoms with Crippen LogP contribution >= 0.6 is 0 Å². The summed E-state index contributed by atoms with van der Waals surface area (Å²) in [5, 5.41) is 9.00. The van der Waals surface area contributed by atoms with Crippen LogP contribution in [0.1, 0.15) is 10.4 Å². The molecule has 1 N–H and O–H groups in total. The van der Waals surface area contributed by atoms with Crippen LogP contribution < -0.4 is 4.74 Å². The zero-order chi connectivity index (χ0) is 12.3. The first-order valence-corrected chi connectivity index (χ1v) is 5.04. The molecule has 86 valence electrons. The number of pyridine rings is 1. The summed E-state index contributed by atoms with van der Waals surface area (Å²) in [7, 11) is 1.50. The van der Waals surface area contributed by atoms with E-state index in [1.54, 1.807) is 18.3 Å². The van der Waals surface area contributed by atoms with Gasteiger partial charge in [0.15, 0.2) is 0 Å². The Kier molecular flexibility index (Phi) is 3.05. The van der Waals surface area contributed by atoms with E-state index in [0.717, 1.165) is 5.56 Å². The van der Waals surface area contributed by atoms with Gasteiger partial charge in [0, 0.05) is 11.8 Å². The van der Waals surface area contributed by atoms with Gasteiger partial charge in [-0.25, -0.2) is 4.79 Å². The molecule has 4 heteroatoms. The molecule has 0 aliphatic heterocycles. The minimum atomic E-state index is -0.985. The van der Waals surface area contributed by atoms with Crippen LogP contribution in [0.3, 0.4) is 0 Å². The number of benzene rings is 1. The van der Waals surface area contributed by atoms with Crippen LogP contribution in [0.4, 0.5) is 0 Å². The maximum Gasteiger partial charge on any atom is 0.335 e. The van der Waals surface area contributed by atoms with E-state index in [9.17, 15) is 4.79 Å². The lowest BCUT2D eigenvalue weighted by atomic mass is 10.1. The van der Waals surface area contributed by atoms with E-state index in [0.29, 0.717) is 11.4 Å². The van der Waals surface area contributed by atoms with E-state index >= 15 is 0 Å². The predicted octanol–water partition coefficient (Wildman–Crippen LogP) is 2.46. The number of carboxylic acids is 1. The van der Waals surface area contributed by atoms with Crippen LogP contribution in [0.2, 0.25) is 0 Å². The lowest BCUT2D eigenvalue weighted by Gasteiger charge is -2.06. The number of carbonyl (C=O) groups is 1. The van der Waals surface area contributed by atoms with Crippen molar-refractivity contribution in [3.05, 3.63) is 48.2 Å². The monoisotopic (exact) mass is 229 g/mol. The molecule has 2 rings (SSSR count). The summed E-state index contributed by atoms with van der Waals surface area (Å²) >= 11 is 0. The van der Waals surface area contributed by atoms with Crippen molar-refractivity contribution in [2.45, 2.75) is 0 Å². The highest BCUT2D eigenvalue weighted by atomic mass is 16.5. The molecular weight excluding hydrogens is 218 g/mol. The number of hydrogen-bond acceptors (Lipinski definition) is 3. The van der Waals surface area contributed by atoms with Crippen LogP contribution in [-0.4, -0.2) is 23.2 Å². The molecule has 0 atom stereocenters. The Morgan fingerprint density at radius 2 is 2.12 bits per heavy atom. The molecule has 1 aromatic carbocycles. The molecule has 0 aliphatic carbocycles. The Morgan fingerprint density at radius 3 is 2.71 bits per heavy atom. The van der Waals surface area contributed by atoms with Gasteiger partial charge in [0.25, 0.3) is 0 Å². The van der Waals surface area contributed by atoms with Crippen molar-refractivity contribution in [1.82, 2.24) is 4.98 Å². The summed E-state index contributed by atoms with van der Waals surface area (Å²) in [6.07, 6.45) is 1.66. The number of hydrogen-bond donors (Lipinski definition) is 1. The minimum Gasteiger partial charge on any atom is -0.497 e. The van der Waals surface area contributed by atoms with Gasteiger partial charge in [-0.3, -0.25) is 4.98 Å². The van der Waals surface area contributed by atoms with Gasteiger partial charge >= 0.3 is 5.97 Å². The second-order valence-corrected chi connectivity index (χ2v) is 3.47. The quantitative estimate of drug-likeness (QED) is 0.878. The molecule has 0 radical (unpaired) electrons. The van der Waals surface area contributed by atoms with E-state index in [4.69, 9.17) is 9.84 Å². The van der Waals surface area contributed by atoms with E-state index in [1.807, 2.05) is 18.2 Å². The highest BCUT2D eigenvalue weighted by Gasteiger charge is 2.09. The second-order valence-electron chi connectivity index (χ2n) is 3.47. The molecular formula is C13H11NO3. The summed E-state index contributed by atoms with van der Waals surface area (Å²) in [5.41, 5.74) is 1.63. The molecule has 4 nitrogen and oxygen atoms in total. The van der Waals surface area contributed by atoms with Gasteiger partial charge in [-0.2, -0.15) is 0 Å². The van der Waals surface area contributed by atoms with Gasteiger partial charge in [-0.15, -0.1) is 0 Å². The number of aromatic nitrogens is 1. The first-order chi connectivity index (χ1) is 8.20. The third kappa shape index (κ3) is 2.42. The highest BCUT2D eigenvalue weighted by Crippen LogP contribution is 2.24. The number of ether oxygens (including phenoxy) is 1. The summed E-state index contributed by atoms with van der Waals surface area (Å²) in [6, 6.07) is 10.3. The van der Waals surface area contributed by atoms with Crippen molar-refractivity contribution < 1.29 is 14.6 Å². The number of rotatable bonds is 3. The lowest BCUT2D eigenvalue weighted by Crippen LogP contribution is -1.98. The minimum absolute atomic E-state index is 0.185. The lowest BCUT2D eigenvalue weighted by molar-refractivity contribution is 0.0696. The molecule has 0 bridgehead atoms. The normalized spacial score (nSPS) is 9.94. The van der Waals surface area contributed by atoms with E-state index < -0.39 is 5.97 Å². The van der Waals surface area contributed by atoms with E-state index in [-0.39, 0.29) is 5.56 Å². The fraction of sp³-hybridized carbons (Fsp3) is 0.0769. The fourth-order valence-corrected chi connectivity index (χ4v) is 1.52. The third-order valence-corrected chi connectivity index (χ3v) is 2.35. The first-order valence-electron chi connectivity index (χ1n) is 5.04. The molecule has 17 heavy (non-hydrogen) atoms. The molecule has 0 unspecified atom stereocenters. The third-order valence-electron chi connectivity index (χ3n) is 2.35. The number of nitrogens with zero attached hydrogens (tertiary/aromatic N) is 1. The molecule has 0 saturated carbocycles. The summed E-state index contributed by atoms with van der Waals surface area (Å²) in [5.74, 6) is -0.480. The van der Waals surface area contributed by atoms with Gasteiger partial charge in [0.05, 0.1) is 18.4 Å². The topological polar surface area (TPSA) is 59.4 Å². The Labute approximate surface area is 98.5 Å². The molecule has 0 spiro atoms. The Hall–Kier alpha value is -2.36. The van der Waals surface area contributed by atoms with Crippen LogP contribution in [0.25, 0.3) is 11.3 Å². The molecule has 0 saturated heterocycles. The first kappa shape index (κ1) is 11.1. The summed E-state index contributed by atoms with van der Waals surface area (Å²) in [6.45, 7) is 0. The Bertz CT molecular complexity index is 538.